The fourth-order valence-corrected chi connectivity index (χ4v) is 6.60. The summed E-state index contributed by atoms with van der Waals surface area (Å²) in [5.74, 6) is -0.121. The fraction of sp³-hybridized carbons (Fsp3) is 0.652. The molecule has 0 atom stereocenters. The highest BCUT2D eigenvalue weighted by Crippen LogP contribution is 2.30. The topological polar surface area (TPSA) is 90.7 Å². The third-order valence-electron chi connectivity index (χ3n) is 6.89. The zero-order valence-corrected chi connectivity index (χ0v) is 18.8. The van der Waals surface area contributed by atoms with Crippen molar-refractivity contribution in [2.45, 2.75) is 62.3 Å². The molecule has 2 fully saturated rings. The molecule has 8 heteroatoms. The maximum absolute atomic E-state index is 13.3. The summed E-state index contributed by atoms with van der Waals surface area (Å²) in [5, 5.41) is 9.01. The normalized spacial score (nSPS) is 20.9. The Bertz CT molecular complexity index is 942. The van der Waals surface area contributed by atoms with Crippen molar-refractivity contribution in [3.63, 3.8) is 0 Å². The van der Waals surface area contributed by atoms with Gasteiger partial charge < -0.3 is 9.64 Å². The van der Waals surface area contributed by atoms with Crippen LogP contribution in [0.5, 0.6) is 0 Å². The summed E-state index contributed by atoms with van der Waals surface area (Å²) in [7, 11) is -3.54. The van der Waals surface area contributed by atoms with E-state index in [1.165, 1.54) is 9.87 Å². The second kappa shape index (κ2) is 9.68. The lowest BCUT2D eigenvalue weighted by Gasteiger charge is -2.38. The highest BCUT2D eigenvalue weighted by atomic mass is 32.2. The van der Waals surface area contributed by atoms with Gasteiger partial charge in [-0.2, -0.15) is 9.57 Å². The van der Waals surface area contributed by atoms with E-state index in [2.05, 4.69) is 6.07 Å². The standard InChI is InChI=1S/C23H31N3O4S/c24-11-2-12-26(21-9-15-30-16-10-21)23(27)19-7-13-25(14-8-19)31(28,29)22-6-5-18-3-1-4-20(18)17-22/h5-6,17,19,21H,1-4,7-10,12-16H2. The minimum absolute atomic E-state index is 0.0664. The molecule has 1 aromatic rings. The highest BCUT2D eigenvalue weighted by Gasteiger charge is 2.36. The summed E-state index contributed by atoms with van der Waals surface area (Å²) < 4.78 is 33.3. The molecular formula is C23H31N3O4S. The van der Waals surface area contributed by atoms with Gasteiger partial charge in [-0.15, -0.1) is 0 Å². The first-order chi connectivity index (χ1) is 15.0. The van der Waals surface area contributed by atoms with Crippen LogP contribution >= 0.6 is 0 Å². The number of ether oxygens (including phenoxy) is 1. The molecule has 4 rings (SSSR count). The van der Waals surface area contributed by atoms with Crippen molar-refractivity contribution in [1.82, 2.24) is 9.21 Å². The Balaban J connectivity index is 1.41. The van der Waals surface area contributed by atoms with E-state index in [9.17, 15) is 13.2 Å². The number of hydrogen-bond acceptors (Lipinski definition) is 5. The lowest BCUT2D eigenvalue weighted by atomic mass is 9.94. The minimum atomic E-state index is -3.54. The molecule has 0 unspecified atom stereocenters. The monoisotopic (exact) mass is 445 g/mol. The third-order valence-corrected chi connectivity index (χ3v) is 8.78. The number of nitriles is 1. The molecule has 0 bridgehead atoms. The van der Waals surface area contributed by atoms with Crippen LogP contribution in [0.25, 0.3) is 0 Å². The van der Waals surface area contributed by atoms with Gasteiger partial charge in [0.15, 0.2) is 0 Å². The van der Waals surface area contributed by atoms with E-state index >= 15 is 0 Å². The van der Waals surface area contributed by atoms with Gasteiger partial charge in [-0.05, 0) is 68.2 Å². The van der Waals surface area contributed by atoms with Crippen LogP contribution in [-0.4, -0.2) is 62.4 Å². The summed E-state index contributed by atoms with van der Waals surface area (Å²) in [5.41, 5.74) is 2.41. The number of nitrogens with zero attached hydrogens (tertiary/aromatic N) is 3. The zero-order valence-electron chi connectivity index (χ0n) is 18.0. The van der Waals surface area contributed by atoms with Crippen molar-refractivity contribution in [3.8, 4) is 6.07 Å². The van der Waals surface area contributed by atoms with Crippen molar-refractivity contribution in [2.75, 3.05) is 32.8 Å². The average molecular weight is 446 g/mol. The second-order valence-electron chi connectivity index (χ2n) is 8.75. The minimum Gasteiger partial charge on any atom is -0.381 e. The predicted octanol–water partition coefficient (Wildman–Crippen LogP) is 2.50. The predicted molar refractivity (Wildman–Crippen MR) is 116 cm³/mol. The molecule has 1 aromatic carbocycles. The molecule has 31 heavy (non-hydrogen) atoms. The number of piperidine rings is 1. The van der Waals surface area contributed by atoms with E-state index in [0.29, 0.717) is 57.0 Å². The molecule has 1 amide bonds. The van der Waals surface area contributed by atoms with Crippen LogP contribution in [0.15, 0.2) is 23.1 Å². The number of aryl methyl sites for hydroxylation is 2. The first-order valence-electron chi connectivity index (χ1n) is 11.4. The Morgan fingerprint density at radius 1 is 1.13 bits per heavy atom. The van der Waals surface area contributed by atoms with Gasteiger partial charge in [0, 0.05) is 44.8 Å². The SMILES string of the molecule is N#CCCN(C(=O)C1CCN(S(=O)(=O)c2ccc3c(c2)CCC3)CC1)C1CCOCC1. The van der Waals surface area contributed by atoms with E-state index < -0.39 is 10.0 Å². The molecule has 0 spiro atoms. The molecule has 0 N–H and O–H groups in total. The number of rotatable bonds is 6. The number of amides is 1. The van der Waals surface area contributed by atoms with Gasteiger partial charge in [0.25, 0.3) is 0 Å². The summed E-state index contributed by atoms with van der Waals surface area (Å²) in [4.78, 5) is 15.5. The highest BCUT2D eigenvalue weighted by molar-refractivity contribution is 7.89. The third kappa shape index (κ3) is 4.79. The van der Waals surface area contributed by atoms with Crippen LogP contribution in [0.2, 0.25) is 0 Å². The summed E-state index contributed by atoms with van der Waals surface area (Å²) >= 11 is 0. The van der Waals surface area contributed by atoms with Crippen LogP contribution in [0.1, 0.15) is 49.7 Å². The quantitative estimate of drug-likeness (QED) is 0.671. The van der Waals surface area contributed by atoms with Gasteiger partial charge in [-0.1, -0.05) is 6.07 Å². The van der Waals surface area contributed by atoms with Crippen molar-refractivity contribution in [3.05, 3.63) is 29.3 Å². The maximum atomic E-state index is 13.3. The number of carbonyl (C=O) groups is 1. The molecule has 0 radical (unpaired) electrons. The van der Waals surface area contributed by atoms with Crippen LogP contribution in [0.4, 0.5) is 0 Å². The lowest BCUT2D eigenvalue weighted by Crippen LogP contribution is -2.49. The summed E-state index contributed by atoms with van der Waals surface area (Å²) in [6.07, 6.45) is 6.00. The average Bonchev–Trinajstić information content (AvgIpc) is 3.28. The van der Waals surface area contributed by atoms with E-state index in [1.807, 2.05) is 17.0 Å². The molecule has 1 aliphatic carbocycles. The molecule has 2 aliphatic heterocycles. The molecule has 0 saturated carbocycles. The Hall–Kier alpha value is -1.95. The van der Waals surface area contributed by atoms with Gasteiger partial charge in [-0.25, -0.2) is 8.42 Å². The van der Waals surface area contributed by atoms with Gasteiger partial charge in [0.1, 0.15) is 0 Å². The van der Waals surface area contributed by atoms with Crippen molar-refractivity contribution in [1.29, 1.82) is 5.26 Å². The summed E-state index contributed by atoms with van der Waals surface area (Å²) in [6, 6.07) is 7.77. The van der Waals surface area contributed by atoms with Crippen molar-refractivity contribution in [2.24, 2.45) is 5.92 Å². The Kier molecular flexibility index (Phi) is 6.95. The van der Waals surface area contributed by atoms with Crippen LogP contribution in [-0.2, 0) is 32.4 Å². The Morgan fingerprint density at radius 3 is 2.55 bits per heavy atom. The number of fused-ring (bicyclic) bond motifs is 1. The van der Waals surface area contributed by atoms with E-state index in [-0.39, 0.29) is 17.9 Å². The van der Waals surface area contributed by atoms with E-state index in [4.69, 9.17) is 10.00 Å². The number of carbonyl (C=O) groups excluding carboxylic acids is 1. The Morgan fingerprint density at radius 2 is 1.84 bits per heavy atom. The first kappa shape index (κ1) is 22.3. The second-order valence-corrected chi connectivity index (χ2v) is 10.7. The zero-order chi connectivity index (χ0) is 21.8. The smallest absolute Gasteiger partial charge is 0.243 e. The largest absolute Gasteiger partial charge is 0.381 e. The lowest BCUT2D eigenvalue weighted by molar-refractivity contribution is -0.141. The maximum Gasteiger partial charge on any atom is 0.243 e. The molecule has 168 valence electrons. The molecule has 2 heterocycles. The van der Waals surface area contributed by atoms with E-state index in [0.717, 1.165) is 37.7 Å². The number of sulfonamides is 1. The molecule has 0 aromatic heterocycles. The van der Waals surface area contributed by atoms with Gasteiger partial charge in [0.05, 0.1) is 17.4 Å². The van der Waals surface area contributed by atoms with Crippen molar-refractivity contribution >= 4 is 15.9 Å². The summed E-state index contributed by atoms with van der Waals surface area (Å²) in [6.45, 7) is 2.43. The molecule has 2 saturated heterocycles. The fourth-order valence-electron chi connectivity index (χ4n) is 5.08. The van der Waals surface area contributed by atoms with Gasteiger partial charge in [-0.3, -0.25) is 4.79 Å². The van der Waals surface area contributed by atoms with Crippen LogP contribution in [0, 0.1) is 17.2 Å². The molecule has 3 aliphatic rings. The Labute approximate surface area is 185 Å². The van der Waals surface area contributed by atoms with Crippen molar-refractivity contribution < 1.29 is 17.9 Å². The number of benzene rings is 1. The first-order valence-corrected chi connectivity index (χ1v) is 12.8. The van der Waals surface area contributed by atoms with Crippen LogP contribution in [0.3, 0.4) is 0 Å². The van der Waals surface area contributed by atoms with Gasteiger partial charge >= 0.3 is 0 Å². The van der Waals surface area contributed by atoms with Crippen LogP contribution < -0.4 is 0 Å². The number of hydrogen-bond donors (Lipinski definition) is 0. The van der Waals surface area contributed by atoms with Gasteiger partial charge in [0.2, 0.25) is 15.9 Å². The molecular weight excluding hydrogens is 414 g/mol. The van der Waals surface area contributed by atoms with E-state index in [1.54, 1.807) is 6.07 Å². The molecule has 7 nitrogen and oxygen atoms in total.